The molecule has 0 bridgehead atoms. The molecule has 0 spiro atoms. The predicted octanol–water partition coefficient (Wildman–Crippen LogP) is 5.16. The average Bonchev–Trinajstić information content (AvgIpc) is 2.40. The summed E-state index contributed by atoms with van der Waals surface area (Å²) >= 11 is 3.50. The molecule has 0 aliphatic heterocycles. The fourth-order valence-corrected chi connectivity index (χ4v) is 3.66. The maximum absolute atomic E-state index is 10.1. The van der Waals surface area contributed by atoms with Crippen molar-refractivity contribution in [3.05, 3.63) is 28.2 Å². The Balaban J connectivity index is 2.18. The number of hydrogen-bond acceptors (Lipinski definition) is 2. The Morgan fingerprint density at radius 1 is 1.40 bits per heavy atom. The monoisotopic (exact) mass is 339 g/mol. The van der Waals surface area contributed by atoms with E-state index in [4.69, 9.17) is 0 Å². The highest BCUT2D eigenvalue weighted by Gasteiger charge is 2.33. The highest BCUT2D eigenvalue weighted by atomic mass is 79.9. The van der Waals surface area contributed by atoms with Crippen molar-refractivity contribution in [1.29, 1.82) is 0 Å². The van der Waals surface area contributed by atoms with Crippen LogP contribution in [0.25, 0.3) is 0 Å². The highest BCUT2D eigenvalue weighted by Crippen LogP contribution is 2.38. The predicted molar refractivity (Wildman–Crippen MR) is 88.0 cm³/mol. The Bertz CT molecular complexity index is 458. The Kier molecular flexibility index (Phi) is 5.14. The molecule has 0 radical (unpaired) electrons. The third-order valence-electron chi connectivity index (χ3n) is 4.68. The molecule has 0 saturated heterocycles. The topological polar surface area (TPSA) is 32.3 Å². The lowest BCUT2D eigenvalue weighted by Gasteiger charge is -2.41. The van der Waals surface area contributed by atoms with Crippen LogP contribution >= 0.6 is 15.9 Å². The normalized spacial score (nSPS) is 23.5. The summed E-state index contributed by atoms with van der Waals surface area (Å²) in [5.74, 6) is 0.390. The molecule has 2 nitrogen and oxygen atoms in total. The summed E-state index contributed by atoms with van der Waals surface area (Å²) in [4.78, 5) is 0. The van der Waals surface area contributed by atoms with Crippen molar-refractivity contribution in [1.82, 2.24) is 5.32 Å². The zero-order chi connectivity index (χ0) is 14.8. The van der Waals surface area contributed by atoms with E-state index < -0.39 is 0 Å². The summed E-state index contributed by atoms with van der Waals surface area (Å²) in [5, 5.41) is 13.9. The largest absolute Gasteiger partial charge is 0.508 e. The van der Waals surface area contributed by atoms with E-state index in [0.717, 1.165) is 16.5 Å². The van der Waals surface area contributed by atoms with Crippen LogP contribution in [0.1, 0.15) is 64.5 Å². The molecular weight excluding hydrogens is 314 g/mol. The number of rotatable bonds is 4. The Labute approximate surface area is 131 Å². The lowest BCUT2D eigenvalue weighted by molar-refractivity contribution is 0.153. The van der Waals surface area contributed by atoms with Crippen molar-refractivity contribution in [2.24, 2.45) is 5.41 Å². The SMILES string of the molecule is CCC(NC1CCCCC1(C)C)c1cc(Br)ccc1O. The summed E-state index contributed by atoms with van der Waals surface area (Å²) in [6.45, 7) is 6.89. The number of benzene rings is 1. The molecule has 1 aromatic rings. The van der Waals surface area contributed by atoms with Crippen LogP contribution in [0.2, 0.25) is 0 Å². The van der Waals surface area contributed by atoms with Crippen molar-refractivity contribution in [2.75, 3.05) is 0 Å². The standard InChI is InChI=1S/C17H26BrNO/c1-4-14(13-11-12(18)8-9-15(13)20)19-16-7-5-6-10-17(16,2)3/h8-9,11,14,16,19-20H,4-7,10H2,1-3H3. The Morgan fingerprint density at radius 3 is 2.80 bits per heavy atom. The molecular formula is C17H26BrNO. The van der Waals surface area contributed by atoms with Crippen molar-refractivity contribution in [3.63, 3.8) is 0 Å². The van der Waals surface area contributed by atoms with Gasteiger partial charge in [-0.2, -0.15) is 0 Å². The average molecular weight is 340 g/mol. The first-order valence-corrected chi connectivity index (χ1v) is 8.48. The van der Waals surface area contributed by atoms with E-state index in [1.165, 1.54) is 25.7 Å². The zero-order valence-electron chi connectivity index (χ0n) is 12.7. The lowest BCUT2D eigenvalue weighted by Crippen LogP contribution is -2.45. The summed E-state index contributed by atoms with van der Waals surface area (Å²) < 4.78 is 1.02. The van der Waals surface area contributed by atoms with Crippen molar-refractivity contribution >= 4 is 15.9 Å². The fourth-order valence-electron chi connectivity index (χ4n) is 3.28. The minimum Gasteiger partial charge on any atom is -0.508 e. The first-order valence-electron chi connectivity index (χ1n) is 7.68. The van der Waals surface area contributed by atoms with Crippen molar-refractivity contribution < 1.29 is 5.11 Å². The fraction of sp³-hybridized carbons (Fsp3) is 0.647. The second-order valence-corrected chi connectivity index (χ2v) is 7.53. The second kappa shape index (κ2) is 6.48. The Hall–Kier alpha value is -0.540. The summed E-state index contributed by atoms with van der Waals surface area (Å²) in [5.41, 5.74) is 1.34. The van der Waals surface area contributed by atoms with Crippen LogP contribution < -0.4 is 5.32 Å². The van der Waals surface area contributed by atoms with Gasteiger partial charge in [-0.3, -0.25) is 0 Å². The second-order valence-electron chi connectivity index (χ2n) is 6.62. The third kappa shape index (κ3) is 3.56. The van der Waals surface area contributed by atoms with Gasteiger partial charge in [0, 0.05) is 22.1 Å². The van der Waals surface area contributed by atoms with E-state index in [1.807, 2.05) is 12.1 Å². The number of nitrogens with one attached hydrogen (secondary N) is 1. The quantitative estimate of drug-likeness (QED) is 0.793. The van der Waals surface area contributed by atoms with Gasteiger partial charge in [0.15, 0.2) is 0 Å². The number of phenols is 1. The number of phenolic OH excluding ortho intramolecular Hbond substituents is 1. The molecule has 1 aliphatic rings. The smallest absolute Gasteiger partial charge is 0.120 e. The van der Waals surface area contributed by atoms with Gasteiger partial charge in [-0.1, -0.05) is 49.5 Å². The van der Waals surface area contributed by atoms with Gasteiger partial charge in [0.05, 0.1) is 0 Å². The van der Waals surface area contributed by atoms with Gasteiger partial charge >= 0.3 is 0 Å². The first-order chi connectivity index (χ1) is 9.44. The van der Waals surface area contributed by atoms with Gasteiger partial charge in [0.1, 0.15) is 5.75 Å². The number of aromatic hydroxyl groups is 1. The zero-order valence-corrected chi connectivity index (χ0v) is 14.3. The van der Waals surface area contributed by atoms with Crippen LogP contribution in [0.15, 0.2) is 22.7 Å². The highest BCUT2D eigenvalue weighted by molar-refractivity contribution is 9.10. The molecule has 1 aromatic carbocycles. The number of hydrogen-bond donors (Lipinski definition) is 2. The van der Waals surface area contributed by atoms with Crippen LogP contribution in [-0.2, 0) is 0 Å². The Morgan fingerprint density at radius 2 is 2.15 bits per heavy atom. The van der Waals surface area contributed by atoms with E-state index in [9.17, 15) is 5.11 Å². The van der Waals surface area contributed by atoms with E-state index in [-0.39, 0.29) is 6.04 Å². The summed E-state index contributed by atoms with van der Waals surface area (Å²) in [6.07, 6.45) is 6.15. The molecule has 0 aromatic heterocycles. The third-order valence-corrected chi connectivity index (χ3v) is 5.18. The summed E-state index contributed by atoms with van der Waals surface area (Å²) in [6, 6.07) is 6.44. The van der Waals surface area contributed by atoms with E-state index in [1.54, 1.807) is 6.07 Å². The molecule has 0 heterocycles. The molecule has 2 rings (SSSR count). The minimum absolute atomic E-state index is 0.217. The van der Waals surface area contributed by atoms with Crippen LogP contribution in [0.3, 0.4) is 0 Å². The van der Waals surface area contributed by atoms with E-state index in [2.05, 4.69) is 42.0 Å². The van der Waals surface area contributed by atoms with Crippen molar-refractivity contribution in [3.8, 4) is 5.75 Å². The van der Waals surface area contributed by atoms with Gasteiger partial charge in [-0.15, -0.1) is 0 Å². The van der Waals surface area contributed by atoms with Gasteiger partial charge < -0.3 is 10.4 Å². The maximum atomic E-state index is 10.1. The molecule has 2 unspecified atom stereocenters. The minimum atomic E-state index is 0.217. The molecule has 112 valence electrons. The number of halogens is 1. The molecule has 3 heteroatoms. The maximum Gasteiger partial charge on any atom is 0.120 e. The van der Waals surface area contributed by atoms with Crippen LogP contribution in [0.4, 0.5) is 0 Å². The van der Waals surface area contributed by atoms with Crippen LogP contribution in [-0.4, -0.2) is 11.1 Å². The van der Waals surface area contributed by atoms with Crippen LogP contribution in [0, 0.1) is 5.41 Å². The molecule has 2 atom stereocenters. The molecule has 2 N–H and O–H groups in total. The van der Waals surface area contributed by atoms with Gasteiger partial charge in [-0.25, -0.2) is 0 Å². The lowest BCUT2D eigenvalue weighted by atomic mass is 9.73. The summed E-state index contributed by atoms with van der Waals surface area (Å²) in [7, 11) is 0. The van der Waals surface area contributed by atoms with Gasteiger partial charge in [0.25, 0.3) is 0 Å². The molecule has 1 aliphatic carbocycles. The molecule has 0 amide bonds. The van der Waals surface area contributed by atoms with E-state index >= 15 is 0 Å². The first kappa shape index (κ1) is 15.8. The molecule has 1 fully saturated rings. The van der Waals surface area contributed by atoms with Crippen LogP contribution in [0.5, 0.6) is 5.75 Å². The molecule has 1 saturated carbocycles. The van der Waals surface area contributed by atoms with Gasteiger partial charge in [0.2, 0.25) is 0 Å². The van der Waals surface area contributed by atoms with E-state index in [0.29, 0.717) is 17.2 Å². The van der Waals surface area contributed by atoms with Gasteiger partial charge in [-0.05, 0) is 42.9 Å². The van der Waals surface area contributed by atoms with Crippen molar-refractivity contribution in [2.45, 2.75) is 65.0 Å². The molecule has 20 heavy (non-hydrogen) atoms.